The molecule has 2 heterocycles. The summed E-state index contributed by atoms with van der Waals surface area (Å²) < 4.78 is 5.93. The van der Waals surface area contributed by atoms with Crippen molar-refractivity contribution in [3.05, 3.63) is 66.7 Å². The van der Waals surface area contributed by atoms with Crippen LogP contribution in [0.1, 0.15) is 0 Å². The van der Waals surface area contributed by atoms with Gasteiger partial charge in [-0.05, 0) is 24.3 Å². The zero-order chi connectivity index (χ0) is 14.5. The molecule has 0 aliphatic heterocycles. The molecule has 0 saturated carbocycles. The second-order valence-electron chi connectivity index (χ2n) is 5.39. The number of nitrogens with zero attached hydrogens (tertiary/aromatic N) is 1. The molecule has 0 fully saturated rings. The highest BCUT2D eigenvalue weighted by atomic mass is 16.3. The van der Waals surface area contributed by atoms with Crippen LogP contribution < -0.4 is 0 Å². The highest BCUT2D eigenvalue weighted by molar-refractivity contribution is 6.11. The molecule has 3 nitrogen and oxygen atoms in total. The second-order valence-corrected chi connectivity index (χ2v) is 5.39. The molecule has 0 amide bonds. The summed E-state index contributed by atoms with van der Waals surface area (Å²) in [6.07, 6.45) is 0. The lowest BCUT2D eigenvalue weighted by molar-refractivity contribution is 0.620. The fourth-order valence-electron chi connectivity index (χ4n) is 3.04. The normalized spacial score (nSPS) is 11.6. The van der Waals surface area contributed by atoms with E-state index in [-0.39, 0.29) is 0 Å². The molecule has 0 unspecified atom stereocenters. The highest BCUT2D eigenvalue weighted by Crippen LogP contribution is 2.33. The number of nitrogens with one attached hydrogen (secondary N) is 1. The van der Waals surface area contributed by atoms with Crippen molar-refractivity contribution in [2.24, 2.45) is 0 Å². The zero-order valence-corrected chi connectivity index (χ0v) is 11.7. The number of para-hydroxylation sites is 4. The number of rotatable bonds is 1. The van der Waals surface area contributed by atoms with Gasteiger partial charge in [0.1, 0.15) is 5.52 Å². The average molecular weight is 284 g/mol. The van der Waals surface area contributed by atoms with Gasteiger partial charge in [0.25, 0.3) is 0 Å². The maximum atomic E-state index is 5.93. The zero-order valence-electron chi connectivity index (χ0n) is 11.7. The lowest BCUT2D eigenvalue weighted by Crippen LogP contribution is -1.79. The van der Waals surface area contributed by atoms with E-state index in [1.807, 2.05) is 42.5 Å². The SMILES string of the molecule is c1ccc2oc(-c3cccc4c3[nH]c3ccccc34)nc2c1. The summed E-state index contributed by atoms with van der Waals surface area (Å²) in [6.45, 7) is 0. The topological polar surface area (TPSA) is 41.8 Å². The van der Waals surface area contributed by atoms with E-state index in [0.29, 0.717) is 5.89 Å². The predicted molar refractivity (Wildman–Crippen MR) is 88.8 cm³/mol. The molecule has 1 N–H and O–H groups in total. The van der Waals surface area contributed by atoms with Crippen molar-refractivity contribution in [3.63, 3.8) is 0 Å². The Hall–Kier alpha value is -3.07. The minimum Gasteiger partial charge on any atom is -0.436 e. The molecule has 2 aromatic heterocycles. The number of hydrogen-bond donors (Lipinski definition) is 1. The van der Waals surface area contributed by atoms with E-state index in [1.165, 1.54) is 10.8 Å². The van der Waals surface area contributed by atoms with Gasteiger partial charge in [-0.3, -0.25) is 0 Å². The molecular formula is C19H12N2O. The van der Waals surface area contributed by atoms with Crippen LogP contribution in [0, 0.1) is 0 Å². The van der Waals surface area contributed by atoms with Gasteiger partial charge in [-0.25, -0.2) is 4.98 Å². The van der Waals surface area contributed by atoms with Crippen LogP contribution in [-0.4, -0.2) is 9.97 Å². The van der Waals surface area contributed by atoms with Gasteiger partial charge in [-0.1, -0.05) is 42.5 Å². The van der Waals surface area contributed by atoms with Crippen molar-refractivity contribution in [2.75, 3.05) is 0 Å². The van der Waals surface area contributed by atoms with Crippen LogP contribution in [0.15, 0.2) is 71.1 Å². The van der Waals surface area contributed by atoms with Gasteiger partial charge in [-0.15, -0.1) is 0 Å². The maximum Gasteiger partial charge on any atom is 0.229 e. The summed E-state index contributed by atoms with van der Waals surface area (Å²) in [6, 6.07) is 22.4. The van der Waals surface area contributed by atoms with Crippen molar-refractivity contribution in [3.8, 4) is 11.5 Å². The second kappa shape index (κ2) is 4.21. The Morgan fingerprint density at radius 1 is 0.773 bits per heavy atom. The van der Waals surface area contributed by atoms with E-state index in [1.54, 1.807) is 0 Å². The fraction of sp³-hybridized carbons (Fsp3) is 0. The minimum atomic E-state index is 0.651. The third-order valence-electron chi connectivity index (χ3n) is 4.07. The van der Waals surface area contributed by atoms with Crippen LogP contribution >= 0.6 is 0 Å². The van der Waals surface area contributed by atoms with Gasteiger partial charge in [0, 0.05) is 16.3 Å². The van der Waals surface area contributed by atoms with Crippen LogP contribution in [0.4, 0.5) is 0 Å². The van der Waals surface area contributed by atoms with Gasteiger partial charge >= 0.3 is 0 Å². The van der Waals surface area contributed by atoms with Gasteiger partial charge < -0.3 is 9.40 Å². The lowest BCUT2D eigenvalue weighted by Gasteiger charge is -1.97. The van der Waals surface area contributed by atoms with Crippen LogP contribution in [0.2, 0.25) is 0 Å². The summed E-state index contributed by atoms with van der Waals surface area (Å²) in [5, 5.41) is 2.41. The monoisotopic (exact) mass is 284 g/mol. The quantitative estimate of drug-likeness (QED) is 0.463. The lowest BCUT2D eigenvalue weighted by atomic mass is 10.1. The summed E-state index contributed by atoms with van der Waals surface area (Å²) in [7, 11) is 0. The number of aromatic nitrogens is 2. The van der Waals surface area contributed by atoms with Crippen molar-refractivity contribution in [1.82, 2.24) is 9.97 Å². The first-order chi connectivity index (χ1) is 10.9. The molecule has 5 aromatic rings. The van der Waals surface area contributed by atoms with E-state index in [4.69, 9.17) is 4.42 Å². The molecule has 0 aliphatic carbocycles. The molecular weight excluding hydrogens is 272 g/mol. The van der Waals surface area contributed by atoms with Gasteiger partial charge in [-0.2, -0.15) is 0 Å². The summed E-state index contributed by atoms with van der Waals surface area (Å²) in [4.78, 5) is 8.11. The standard InChI is InChI=1S/C19H12N2O/c1-2-9-15-12(6-1)13-7-5-8-14(18(13)20-15)19-21-16-10-3-4-11-17(16)22-19/h1-11,20H. The van der Waals surface area contributed by atoms with Crippen molar-refractivity contribution in [1.29, 1.82) is 0 Å². The maximum absolute atomic E-state index is 5.93. The fourth-order valence-corrected chi connectivity index (χ4v) is 3.04. The molecule has 0 aliphatic rings. The number of benzene rings is 3. The summed E-state index contributed by atoms with van der Waals surface area (Å²) >= 11 is 0. The number of aromatic amines is 1. The number of oxazole rings is 1. The molecule has 3 heteroatoms. The Balaban J connectivity index is 1.87. The van der Waals surface area contributed by atoms with Crippen LogP contribution in [0.25, 0.3) is 44.4 Å². The summed E-state index contributed by atoms with van der Waals surface area (Å²) in [5.74, 6) is 0.651. The first kappa shape index (κ1) is 11.6. The van der Waals surface area contributed by atoms with Crippen LogP contribution in [-0.2, 0) is 0 Å². The predicted octanol–water partition coefficient (Wildman–Crippen LogP) is 5.13. The van der Waals surface area contributed by atoms with Gasteiger partial charge in [0.15, 0.2) is 5.58 Å². The molecule has 22 heavy (non-hydrogen) atoms. The molecule has 0 radical (unpaired) electrons. The molecule has 0 saturated heterocycles. The van der Waals surface area contributed by atoms with E-state index in [9.17, 15) is 0 Å². The van der Waals surface area contributed by atoms with Crippen molar-refractivity contribution < 1.29 is 4.42 Å². The van der Waals surface area contributed by atoms with E-state index >= 15 is 0 Å². The van der Waals surface area contributed by atoms with Crippen LogP contribution in [0.3, 0.4) is 0 Å². The largest absolute Gasteiger partial charge is 0.436 e. The minimum absolute atomic E-state index is 0.651. The molecule has 5 rings (SSSR count). The van der Waals surface area contributed by atoms with Crippen molar-refractivity contribution in [2.45, 2.75) is 0 Å². The number of hydrogen-bond acceptors (Lipinski definition) is 2. The molecule has 104 valence electrons. The van der Waals surface area contributed by atoms with E-state index in [2.05, 4.69) is 34.2 Å². The third-order valence-corrected chi connectivity index (χ3v) is 4.07. The first-order valence-electron chi connectivity index (χ1n) is 7.25. The Bertz CT molecular complexity index is 1100. The van der Waals surface area contributed by atoms with Crippen LogP contribution in [0.5, 0.6) is 0 Å². The Morgan fingerprint density at radius 3 is 2.55 bits per heavy atom. The van der Waals surface area contributed by atoms with Gasteiger partial charge in [0.05, 0.1) is 11.1 Å². The van der Waals surface area contributed by atoms with Crippen molar-refractivity contribution >= 4 is 32.9 Å². The third kappa shape index (κ3) is 1.53. The average Bonchev–Trinajstić information content (AvgIpc) is 3.15. The summed E-state index contributed by atoms with van der Waals surface area (Å²) in [5.41, 5.74) is 4.87. The molecule has 3 aromatic carbocycles. The number of H-pyrrole nitrogens is 1. The molecule has 0 bridgehead atoms. The first-order valence-corrected chi connectivity index (χ1v) is 7.25. The highest BCUT2D eigenvalue weighted by Gasteiger charge is 2.13. The number of fused-ring (bicyclic) bond motifs is 4. The molecule has 0 spiro atoms. The smallest absolute Gasteiger partial charge is 0.229 e. The Kier molecular flexibility index (Phi) is 2.22. The van der Waals surface area contributed by atoms with Gasteiger partial charge in [0.2, 0.25) is 5.89 Å². The Morgan fingerprint density at radius 2 is 1.59 bits per heavy atom. The van der Waals surface area contributed by atoms with E-state index < -0.39 is 0 Å². The molecule has 0 atom stereocenters. The van der Waals surface area contributed by atoms with E-state index in [0.717, 1.165) is 27.7 Å². The Labute approximate surface area is 126 Å².